The van der Waals surface area contributed by atoms with Gasteiger partial charge in [0.1, 0.15) is 0 Å². The van der Waals surface area contributed by atoms with Crippen LogP contribution in [0.5, 0.6) is 0 Å². The van der Waals surface area contributed by atoms with Gasteiger partial charge in [-0.15, -0.1) is 0 Å². The van der Waals surface area contributed by atoms with E-state index >= 15 is 0 Å². The molecule has 1 aliphatic carbocycles. The van der Waals surface area contributed by atoms with Crippen LogP contribution in [0.1, 0.15) is 32.6 Å². The highest BCUT2D eigenvalue weighted by atomic mass is 15.1. The van der Waals surface area contributed by atoms with Gasteiger partial charge in [-0.2, -0.15) is 0 Å². The molecule has 60 valence electrons. The molecule has 0 aromatic carbocycles. The van der Waals surface area contributed by atoms with Crippen LogP contribution in [0.3, 0.4) is 0 Å². The molecule has 2 atom stereocenters. The first kappa shape index (κ1) is 8.06. The van der Waals surface area contributed by atoms with E-state index in [-0.39, 0.29) is 0 Å². The summed E-state index contributed by atoms with van der Waals surface area (Å²) in [4.78, 5) is 2.39. The molecule has 10 heavy (non-hydrogen) atoms. The summed E-state index contributed by atoms with van der Waals surface area (Å²) in [7, 11) is 4.41. The maximum Gasteiger partial charge on any atom is 0.0117 e. The van der Waals surface area contributed by atoms with Gasteiger partial charge < -0.3 is 4.90 Å². The number of hydrogen-bond donors (Lipinski definition) is 0. The Balaban J connectivity index is 2.42. The zero-order chi connectivity index (χ0) is 7.56. The van der Waals surface area contributed by atoms with E-state index in [1.807, 2.05) is 0 Å². The molecule has 1 saturated carbocycles. The van der Waals surface area contributed by atoms with Crippen LogP contribution in [0.15, 0.2) is 0 Å². The van der Waals surface area contributed by atoms with Crippen molar-refractivity contribution in [2.75, 3.05) is 14.1 Å². The van der Waals surface area contributed by atoms with Gasteiger partial charge in [0.2, 0.25) is 0 Å². The van der Waals surface area contributed by atoms with Crippen LogP contribution in [-0.4, -0.2) is 25.0 Å². The van der Waals surface area contributed by atoms with Crippen molar-refractivity contribution in [3.05, 3.63) is 0 Å². The Bertz CT molecular complexity index is 98.9. The summed E-state index contributed by atoms with van der Waals surface area (Å²) in [6, 6.07) is 0.880. The lowest BCUT2D eigenvalue weighted by atomic mass is 10.0. The van der Waals surface area contributed by atoms with Crippen LogP contribution < -0.4 is 0 Å². The summed E-state index contributed by atoms with van der Waals surface area (Å²) < 4.78 is 0. The molecule has 0 aromatic rings. The molecule has 0 saturated heterocycles. The molecular weight excluding hydrogens is 122 g/mol. The monoisotopic (exact) mass is 141 g/mol. The minimum Gasteiger partial charge on any atom is -0.306 e. The van der Waals surface area contributed by atoms with E-state index in [0.717, 1.165) is 12.0 Å². The third kappa shape index (κ3) is 1.51. The van der Waals surface area contributed by atoms with Gasteiger partial charge in [-0.1, -0.05) is 19.8 Å². The molecule has 0 unspecified atom stereocenters. The van der Waals surface area contributed by atoms with Crippen molar-refractivity contribution in [3.63, 3.8) is 0 Å². The summed E-state index contributed by atoms with van der Waals surface area (Å²) in [6.07, 6.45) is 5.69. The standard InChI is InChI=1S/C9H19N/c1-4-8-6-5-7-9(8)10(2)3/h8-9H,4-7H2,1-3H3/t8-,9-/m1/s1. The SMILES string of the molecule is CC[C@@H]1CCC[C@H]1N(C)C. The zero-order valence-electron chi connectivity index (χ0n) is 7.43. The Morgan fingerprint density at radius 2 is 2.00 bits per heavy atom. The summed E-state index contributed by atoms with van der Waals surface area (Å²) in [5, 5.41) is 0. The van der Waals surface area contributed by atoms with Crippen molar-refractivity contribution in [1.29, 1.82) is 0 Å². The molecule has 0 spiro atoms. The van der Waals surface area contributed by atoms with Gasteiger partial charge in [0.05, 0.1) is 0 Å². The maximum atomic E-state index is 2.39. The molecular formula is C9H19N. The van der Waals surface area contributed by atoms with Crippen molar-refractivity contribution >= 4 is 0 Å². The third-order valence-electron chi connectivity index (χ3n) is 2.81. The Hall–Kier alpha value is -0.0400. The molecule has 0 N–H and O–H groups in total. The topological polar surface area (TPSA) is 3.24 Å². The molecule has 1 nitrogen and oxygen atoms in total. The van der Waals surface area contributed by atoms with Gasteiger partial charge in [-0.25, -0.2) is 0 Å². The number of rotatable bonds is 2. The Morgan fingerprint density at radius 1 is 1.30 bits per heavy atom. The fourth-order valence-electron chi connectivity index (χ4n) is 2.17. The molecule has 1 rings (SSSR count). The van der Waals surface area contributed by atoms with Gasteiger partial charge in [-0.3, -0.25) is 0 Å². The van der Waals surface area contributed by atoms with Crippen molar-refractivity contribution in [3.8, 4) is 0 Å². The third-order valence-corrected chi connectivity index (χ3v) is 2.81. The molecule has 0 radical (unpaired) electrons. The minimum absolute atomic E-state index is 0.880. The van der Waals surface area contributed by atoms with Gasteiger partial charge in [0, 0.05) is 6.04 Å². The smallest absolute Gasteiger partial charge is 0.0117 e. The van der Waals surface area contributed by atoms with Gasteiger partial charge >= 0.3 is 0 Å². The fraction of sp³-hybridized carbons (Fsp3) is 1.00. The minimum atomic E-state index is 0.880. The van der Waals surface area contributed by atoms with Crippen molar-refractivity contribution < 1.29 is 0 Å². The predicted molar refractivity (Wildman–Crippen MR) is 45.1 cm³/mol. The highest BCUT2D eigenvalue weighted by Gasteiger charge is 2.26. The first-order valence-corrected chi connectivity index (χ1v) is 4.42. The summed E-state index contributed by atoms with van der Waals surface area (Å²) in [6.45, 7) is 2.31. The molecule has 0 aromatic heterocycles. The van der Waals surface area contributed by atoms with Crippen LogP contribution in [0.2, 0.25) is 0 Å². The van der Waals surface area contributed by atoms with Crippen LogP contribution in [0.25, 0.3) is 0 Å². The zero-order valence-corrected chi connectivity index (χ0v) is 7.43. The highest BCUT2D eigenvalue weighted by Crippen LogP contribution is 2.30. The fourth-order valence-corrected chi connectivity index (χ4v) is 2.17. The van der Waals surface area contributed by atoms with Crippen LogP contribution in [0, 0.1) is 5.92 Å². The first-order chi connectivity index (χ1) is 4.75. The number of hydrogen-bond acceptors (Lipinski definition) is 1. The largest absolute Gasteiger partial charge is 0.306 e. The van der Waals surface area contributed by atoms with E-state index in [1.165, 1.54) is 25.7 Å². The van der Waals surface area contributed by atoms with E-state index in [0.29, 0.717) is 0 Å². The lowest BCUT2D eigenvalue weighted by Gasteiger charge is -2.24. The Kier molecular flexibility index (Phi) is 2.72. The average Bonchev–Trinajstić information content (AvgIpc) is 2.33. The van der Waals surface area contributed by atoms with Gasteiger partial charge in [-0.05, 0) is 32.9 Å². The molecule has 1 aliphatic rings. The Morgan fingerprint density at radius 3 is 2.40 bits per heavy atom. The maximum absolute atomic E-state index is 2.39. The van der Waals surface area contributed by atoms with Crippen LogP contribution in [-0.2, 0) is 0 Å². The van der Waals surface area contributed by atoms with E-state index in [1.54, 1.807) is 0 Å². The van der Waals surface area contributed by atoms with Gasteiger partial charge in [0.25, 0.3) is 0 Å². The highest BCUT2D eigenvalue weighted by molar-refractivity contribution is 4.81. The quantitative estimate of drug-likeness (QED) is 0.569. The molecule has 1 heteroatoms. The first-order valence-electron chi connectivity index (χ1n) is 4.42. The molecule has 0 bridgehead atoms. The van der Waals surface area contributed by atoms with Crippen LogP contribution in [0.4, 0.5) is 0 Å². The summed E-state index contributed by atoms with van der Waals surface area (Å²) in [5.41, 5.74) is 0. The summed E-state index contributed by atoms with van der Waals surface area (Å²) in [5.74, 6) is 0.981. The van der Waals surface area contributed by atoms with E-state index < -0.39 is 0 Å². The second kappa shape index (κ2) is 3.38. The van der Waals surface area contributed by atoms with E-state index in [4.69, 9.17) is 0 Å². The second-order valence-electron chi connectivity index (χ2n) is 3.63. The second-order valence-corrected chi connectivity index (χ2v) is 3.63. The Labute approximate surface area is 64.4 Å². The van der Waals surface area contributed by atoms with Crippen LogP contribution >= 0.6 is 0 Å². The summed E-state index contributed by atoms with van der Waals surface area (Å²) >= 11 is 0. The lowest BCUT2D eigenvalue weighted by Crippen LogP contribution is -2.30. The van der Waals surface area contributed by atoms with Crippen molar-refractivity contribution in [1.82, 2.24) is 4.90 Å². The molecule has 0 heterocycles. The average molecular weight is 141 g/mol. The predicted octanol–water partition coefficient (Wildman–Crippen LogP) is 2.13. The van der Waals surface area contributed by atoms with Gasteiger partial charge in [0.15, 0.2) is 0 Å². The normalized spacial score (nSPS) is 33.6. The van der Waals surface area contributed by atoms with Crippen molar-refractivity contribution in [2.24, 2.45) is 5.92 Å². The number of nitrogens with zero attached hydrogens (tertiary/aromatic N) is 1. The van der Waals surface area contributed by atoms with E-state index in [9.17, 15) is 0 Å². The molecule has 0 aliphatic heterocycles. The molecule has 1 fully saturated rings. The lowest BCUT2D eigenvalue weighted by molar-refractivity contribution is 0.233. The van der Waals surface area contributed by atoms with E-state index in [2.05, 4.69) is 25.9 Å². The molecule has 0 amide bonds. The van der Waals surface area contributed by atoms with Crippen molar-refractivity contribution in [2.45, 2.75) is 38.6 Å².